The molecule has 2 heterocycles. The number of hydrogen-bond donors (Lipinski definition) is 3. The first-order valence-electron chi connectivity index (χ1n) is 11.7. The molecular weight excluding hydrogens is 539 g/mol. The van der Waals surface area contributed by atoms with Crippen molar-refractivity contribution in [1.29, 1.82) is 5.26 Å². The molecule has 0 fully saturated rings. The average Bonchev–Trinajstić information content (AvgIpc) is 3.35. The van der Waals surface area contributed by atoms with Crippen LogP contribution in [0.1, 0.15) is 22.4 Å². The Morgan fingerprint density at radius 1 is 1.00 bits per heavy atom. The van der Waals surface area contributed by atoms with E-state index in [9.17, 15) is 24.7 Å². The minimum atomic E-state index is -4.86. The maximum Gasteiger partial charge on any atom is 0.569 e. The number of nitriles is 1. The van der Waals surface area contributed by atoms with Crippen LogP contribution in [0.25, 0.3) is 22.0 Å². The predicted molar refractivity (Wildman–Crippen MR) is 149 cm³/mol. The van der Waals surface area contributed by atoms with Crippen LogP contribution in [0, 0.1) is 11.3 Å². The predicted octanol–water partition coefficient (Wildman–Crippen LogP) is 4.43. The van der Waals surface area contributed by atoms with Crippen LogP contribution in [0.15, 0.2) is 90.1 Å². The minimum Gasteiger partial charge on any atom is -0.334 e. The summed E-state index contributed by atoms with van der Waals surface area (Å²) in [6, 6.07) is 22.3. The molecule has 0 bridgehead atoms. The van der Waals surface area contributed by atoms with Gasteiger partial charge in [0.05, 0.1) is 35.4 Å². The van der Waals surface area contributed by atoms with Crippen LogP contribution in [0.4, 0.5) is 0 Å². The Kier molecular flexibility index (Phi) is 6.87. The summed E-state index contributed by atoms with van der Waals surface area (Å²) in [5.41, 5.74) is 1.50. The van der Waals surface area contributed by atoms with Crippen molar-refractivity contribution in [3.63, 3.8) is 0 Å². The Morgan fingerprint density at radius 3 is 2.36 bits per heavy atom. The molecule has 1 atom stereocenters. The molecule has 39 heavy (non-hydrogen) atoms. The molecule has 3 N–H and O–H groups in total. The standard InChI is InChI=1S/C28H23ClN4O5P/c1-32-17-31-16-26(32)28(38-39(35,36)37,20-6-9-22(29)10-7-20)21-8-11-25-24(13-21)23(14-27(34)33(25)2)19-5-3-4-18(12-19)15-30/h3-14,16-17,35-37H,1-2H3/q+1/t28-/m1/s1. The number of imidazole rings is 1. The molecule has 9 nitrogen and oxygen atoms in total. The summed E-state index contributed by atoms with van der Waals surface area (Å²) in [5, 5.41) is 10.5. The highest BCUT2D eigenvalue weighted by Crippen LogP contribution is 2.57. The summed E-state index contributed by atoms with van der Waals surface area (Å²) in [6.45, 7) is 0. The van der Waals surface area contributed by atoms with E-state index < -0.39 is 13.8 Å². The molecule has 196 valence electrons. The van der Waals surface area contributed by atoms with E-state index in [2.05, 4.69) is 11.1 Å². The zero-order valence-corrected chi connectivity index (χ0v) is 22.5. The lowest BCUT2D eigenvalue weighted by molar-refractivity contribution is 0.0685. The number of benzene rings is 3. The molecule has 0 amide bonds. The number of pyridine rings is 1. The molecule has 5 aromatic rings. The Labute approximate surface area is 229 Å². The van der Waals surface area contributed by atoms with Gasteiger partial charge in [0.1, 0.15) is 0 Å². The van der Waals surface area contributed by atoms with Gasteiger partial charge in [-0.15, -0.1) is 4.52 Å². The van der Waals surface area contributed by atoms with E-state index in [1.807, 2.05) is 0 Å². The van der Waals surface area contributed by atoms with Crippen LogP contribution in [-0.2, 0) is 24.2 Å². The number of halogens is 1. The van der Waals surface area contributed by atoms with Crippen molar-refractivity contribution in [3.8, 4) is 17.2 Å². The van der Waals surface area contributed by atoms with Crippen LogP contribution in [0.5, 0.6) is 0 Å². The molecule has 5 rings (SSSR count). The topological polar surface area (TPSA) is 134 Å². The Bertz CT molecular complexity index is 1800. The molecule has 11 heteroatoms. The largest absolute Gasteiger partial charge is 0.569 e. The molecule has 0 aliphatic rings. The smallest absolute Gasteiger partial charge is 0.334 e. The molecule has 3 aromatic carbocycles. The van der Waals surface area contributed by atoms with Gasteiger partial charge in [-0.25, -0.2) is 4.98 Å². The Balaban J connectivity index is 1.90. The van der Waals surface area contributed by atoms with Crippen LogP contribution in [0.2, 0.25) is 5.02 Å². The first kappa shape index (κ1) is 26.7. The first-order valence-corrected chi connectivity index (χ1v) is 13.6. The highest BCUT2D eigenvalue weighted by atomic mass is 35.5. The molecule has 0 aliphatic heterocycles. The van der Waals surface area contributed by atoms with Crippen molar-refractivity contribution in [2.24, 2.45) is 14.1 Å². The summed E-state index contributed by atoms with van der Waals surface area (Å²) in [6.07, 6.45) is 3.03. The number of fused-ring (bicyclic) bond motifs is 1. The van der Waals surface area contributed by atoms with E-state index in [-0.39, 0.29) is 5.56 Å². The first-order chi connectivity index (χ1) is 18.5. The highest BCUT2D eigenvalue weighted by Gasteiger charge is 2.53. The fourth-order valence-electron chi connectivity index (χ4n) is 4.85. The van der Waals surface area contributed by atoms with Crippen molar-refractivity contribution >= 4 is 30.7 Å². The SMILES string of the molecule is Cn1cncc1[C@@](O[P+](O)(O)O)(c1ccc(Cl)cc1)c1ccc2c(c1)c(-c1cccc(C#N)c1)cc(=O)n2C. The number of hydrogen-bond acceptors (Lipinski definition) is 7. The lowest BCUT2D eigenvalue weighted by atomic mass is 9.82. The van der Waals surface area contributed by atoms with Crippen molar-refractivity contribution in [3.05, 3.63) is 123 Å². The van der Waals surface area contributed by atoms with Crippen LogP contribution < -0.4 is 5.56 Å². The molecule has 0 saturated heterocycles. The van der Waals surface area contributed by atoms with Crippen molar-refractivity contribution in [2.45, 2.75) is 5.60 Å². The maximum atomic E-state index is 12.9. The van der Waals surface area contributed by atoms with Crippen molar-refractivity contribution in [2.75, 3.05) is 0 Å². The summed E-state index contributed by atoms with van der Waals surface area (Å²) in [7, 11) is -1.50. The average molecular weight is 562 g/mol. The van der Waals surface area contributed by atoms with Crippen molar-refractivity contribution in [1.82, 2.24) is 14.1 Å². The molecule has 0 aliphatic carbocycles. The van der Waals surface area contributed by atoms with Crippen molar-refractivity contribution < 1.29 is 19.2 Å². The summed E-state index contributed by atoms with van der Waals surface area (Å²) in [4.78, 5) is 47.9. The van der Waals surface area contributed by atoms with Crippen LogP contribution in [-0.4, -0.2) is 28.8 Å². The second kappa shape index (κ2) is 10.0. The Morgan fingerprint density at radius 2 is 1.72 bits per heavy atom. The second-order valence-corrected chi connectivity index (χ2v) is 10.7. The third kappa shape index (κ3) is 4.86. The van der Waals surface area contributed by atoms with Gasteiger partial charge < -0.3 is 9.13 Å². The number of rotatable bonds is 6. The molecule has 0 spiro atoms. The van der Waals surface area contributed by atoms with E-state index in [4.69, 9.17) is 16.1 Å². The normalized spacial score (nSPS) is 13.3. The lowest BCUT2D eigenvalue weighted by Crippen LogP contribution is -2.35. The third-order valence-corrected chi connectivity index (χ3v) is 7.41. The van der Waals surface area contributed by atoms with E-state index in [0.29, 0.717) is 49.4 Å². The lowest BCUT2D eigenvalue weighted by Gasteiger charge is -2.32. The van der Waals surface area contributed by atoms with Gasteiger partial charge in [-0.05, 0) is 58.7 Å². The van der Waals surface area contributed by atoms with Crippen LogP contribution >= 0.6 is 19.8 Å². The molecule has 0 saturated carbocycles. The van der Waals surface area contributed by atoms with E-state index in [0.717, 1.165) is 0 Å². The van der Waals surface area contributed by atoms with Gasteiger partial charge in [0.25, 0.3) is 5.56 Å². The fourth-order valence-corrected chi connectivity index (χ4v) is 5.65. The van der Waals surface area contributed by atoms with Gasteiger partial charge in [-0.3, -0.25) is 4.79 Å². The quantitative estimate of drug-likeness (QED) is 0.261. The van der Waals surface area contributed by atoms with Gasteiger partial charge >= 0.3 is 8.17 Å². The molecule has 2 aromatic heterocycles. The number of nitrogens with zero attached hydrogens (tertiary/aromatic N) is 4. The fraction of sp³-hybridized carbons (Fsp3) is 0.107. The number of aromatic nitrogens is 3. The van der Waals surface area contributed by atoms with Gasteiger partial charge in [0, 0.05) is 30.6 Å². The summed E-state index contributed by atoms with van der Waals surface area (Å²) >= 11 is 6.17. The van der Waals surface area contributed by atoms with E-state index in [1.54, 1.807) is 85.4 Å². The van der Waals surface area contributed by atoms with Gasteiger partial charge in [-0.1, -0.05) is 41.9 Å². The van der Waals surface area contributed by atoms with Gasteiger partial charge in [-0.2, -0.15) is 19.9 Å². The Hall–Kier alpha value is -3.87. The number of aryl methyl sites for hydroxylation is 2. The minimum absolute atomic E-state index is 0.245. The monoisotopic (exact) mass is 561 g/mol. The molecular formula is C28H23ClN4O5P+. The van der Waals surface area contributed by atoms with Crippen LogP contribution in [0.3, 0.4) is 0 Å². The molecule has 0 unspecified atom stereocenters. The zero-order valence-electron chi connectivity index (χ0n) is 20.9. The summed E-state index contributed by atoms with van der Waals surface area (Å²) in [5.74, 6) is 0. The molecule has 0 radical (unpaired) electrons. The summed E-state index contributed by atoms with van der Waals surface area (Å²) < 4.78 is 8.95. The third-order valence-electron chi connectivity index (χ3n) is 6.64. The van der Waals surface area contributed by atoms with Gasteiger partial charge in [0.2, 0.25) is 5.60 Å². The van der Waals surface area contributed by atoms with E-state index in [1.165, 1.54) is 23.2 Å². The highest BCUT2D eigenvalue weighted by molar-refractivity contribution is 7.53. The van der Waals surface area contributed by atoms with Gasteiger partial charge in [0.15, 0.2) is 0 Å². The zero-order chi connectivity index (χ0) is 27.9. The van der Waals surface area contributed by atoms with E-state index >= 15 is 0 Å². The second-order valence-electron chi connectivity index (χ2n) is 9.06. The maximum absolute atomic E-state index is 12.9.